The Morgan fingerprint density at radius 1 is 1.22 bits per heavy atom. The van der Waals surface area contributed by atoms with Gasteiger partial charge in [0.15, 0.2) is 5.69 Å². The van der Waals surface area contributed by atoms with Crippen LogP contribution in [-0.2, 0) is 4.74 Å². The van der Waals surface area contributed by atoms with Crippen molar-refractivity contribution in [2.45, 2.75) is 38.7 Å². The van der Waals surface area contributed by atoms with Crippen molar-refractivity contribution in [2.75, 3.05) is 19.7 Å². The highest BCUT2D eigenvalue weighted by molar-refractivity contribution is 5.97. The second-order valence-corrected chi connectivity index (χ2v) is 6.74. The third kappa shape index (κ3) is 4.54. The third-order valence-electron chi connectivity index (χ3n) is 4.70. The summed E-state index contributed by atoms with van der Waals surface area (Å²) in [6.45, 7) is 4.13. The van der Waals surface area contributed by atoms with E-state index in [1.54, 1.807) is 4.90 Å². The highest BCUT2D eigenvalue weighted by Gasteiger charge is 2.25. The van der Waals surface area contributed by atoms with Crippen molar-refractivity contribution in [2.24, 2.45) is 5.73 Å². The summed E-state index contributed by atoms with van der Waals surface area (Å²) in [4.78, 5) is 26.6. The molecule has 1 atom stereocenters. The number of amides is 2. The molecule has 0 bridgehead atoms. The number of benzene rings is 1. The van der Waals surface area contributed by atoms with Crippen molar-refractivity contribution < 1.29 is 14.3 Å². The molecule has 1 aromatic carbocycles. The van der Waals surface area contributed by atoms with Crippen LogP contribution in [0.1, 0.15) is 53.6 Å². The van der Waals surface area contributed by atoms with Gasteiger partial charge in [-0.3, -0.25) is 9.59 Å². The highest BCUT2D eigenvalue weighted by atomic mass is 16.5. The highest BCUT2D eigenvalue weighted by Crippen LogP contribution is 2.18. The molecule has 1 saturated heterocycles. The Labute approximate surface area is 159 Å². The standard InChI is InChI=1S/C20H26N4O3/c1-2-13-27-16-9-6-11-23(12-10-16)20(26)17-14-18(19(21)25)24(22-17)15-7-4-3-5-8-15/h3-5,7-8,14,16H,2,6,9-13H2,1H3,(H2,21,25). The molecule has 2 heterocycles. The molecule has 1 unspecified atom stereocenters. The van der Waals surface area contributed by atoms with Crippen LogP contribution in [0.5, 0.6) is 0 Å². The van der Waals surface area contributed by atoms with Crippen LogP contribution in [0.4, 0.5) is 0 Å². The Morgan fingerprint density at radius 2 is 2.00 bits per heavy atom. The predicted molar refractivity (Wildman–Crippen MR) is 102 cm³/mol. The lowest BCUT2D eigenvalue weighted by atomic mass is 10.2. The molecule has 1 fully saturated rings. The smallest absolute Gasteiger partial charge is 0.274 e. The number of nitrogens with zero attached hydrogens (tertiary/aromatic N) is 3. The van der Waals surface area contributed by atoms with Gasteiger partial charge in [0.2, 0.25) is 0 Å². The van der Waals surface area contributed by atoms with Crippen molar-refractivity contribution in [3.05, 3.63) is 47.8 Å². The SMILES string of the molecule is CCCOC1CCCN(C(=O)c2cc(C(N)=O)n(-c3ccccc3)n2)CC1. The van der Waals surface area contributed by atoms with Gasteiger partial charge in [-0.25, -0.2) is 4.68 Å². The van der Waals surface area contributed by atoms with E-state index < -0.39 is 5.91 Å². The van der Waals surface area contributed by atoms with Crippen molar-refractivity contribution in [3.63, 3.8) is 0 Å². The van der Waals surface area contributed by atoms with E-state index in [-0.39, 0.29) is 23.4 Å². The zero-order chi connectivity index (χ0) is 19.2. The Balaban J connectivity index is 1.78. The maximum Gasteiger partial charge on any atom is 0.274 e. The number of aromatic nitrogens is 2. The monoisotopic (exact) mass is 370 g/mol. The predicted octanol–water partition coefficient (Wildman–Crippen LogP) is 2.39. The van der Waals surface area contributed by atoms with Crippen molar-refractivity contribution in [3.8, 4) is 5.69 Å². The second kappa shape index (κ2) is 8.81. The fraction of sp³-hybridized carbons (Fsp3) is 0.450. The summed E-state index contributed by atoms with van der Waals surface area (Å²) in [5.41, 5.74) is 6.62. The number of para-hydroxylation sites is 1. The van der Waals surface area contributed by atoms with E-state index in [9.17, 15) is 9.59 Å². The molecular weight excluding hydrogens is 344 g/mol. The van der Waals surface area contributed by atoms with Gasteiger partial charge in [0.1, 0.15) is 5.69 Å². The van der Waals surface area contributed by atoms with Crippen molar-refractivity contribution in [1.29, 1.82) is 0 Å². The lowest BCUT2D eigenvalue weighted by Crippen LogP contribution is -2.32. The molecule has 1 aliphatic rings. The molecule has 1 aromatic heterocycles. The Kier molecular flexibility index (Phi) is 6.24. The number of likely N-dealkylation sites (tertiary alicyclic amines) is 1. The van der Waals surface area contributed by atoms with Crippen molar-refractivity contribution in [1.82, 2.24) is 14.7 Å². The Hall–Kier alpha value is -2.67. The summed E-state index contributed by atoms with van der Waals surface area (Å²) in [7, 11) is 0. The first kappa shape index (κ1) is 19.1. The van der Waals surface area contributed by atoms with Crippen LogP contribution < -0.4 is 5.73 Å². The first-order chi connectivity index (χ1) is 13.1. The van der Waals surface area contributed by atoms with Gasteiger partial charge in [-0.15, -0.1) is 0 Å². The first-order valence-electron chi connectivity index (χ1n) is 9.46. The zero-order valence-corrected chi connectivity index (χ0v) is 15.6. The molecule has 2 amide bonds. The van der Waals surface area contributed by atoms with Gasteiger partial charge in [0.25, 0.3) is 11.8 Å². The van der Waals surface area contributed by atoms with Gasteiger partial charge < -0.3 is 15.4 Å². The van der Waals surface area contributed by atoms with Gasteiger partial charge >= 0.3 is 0 Å². The molecule has 2 aromatic rings. The molecule has 1 aliphatic heterocycles. The van der Waals surface area contributed by atoms with Gasteiger partial charge in [0, 0.05) is 25.8 Å². The molecule has 7 nitrogen and oxygen atoms in total. The fourth-order valence-electron chi connectivity index (χ4n) is 3.31. The average molecular weight is 370 g/mol. The summed E-state index contributed by atoms with van der Waals surface area (Å²) in [6.07, 6.45) is 3.85. The Bertz CT molecular complexity index is 788. The quantitative estimate of drug-likeness (QED) is 0.845. The molecule has 0 saturated carbocycles. The van der Waals surface area contributed by atoms with E-state index in [1.807, 2.05) is 30.3 Å². The van der Waals surface area contributed by atoms with Crippen LogP contribution in [0.25, 0.3) is 5.69 Å². The average Bonchev–Trinajstić information content (AvgIpc) is 3.00. The van der Waals surface area contributed by atoms with Crippen LogP contribution in [0.2, 0.25) is 0 Å². The molecule has 0 radical (unpaired) electrons. The molecule has 7 heteroatoms. The normalized spacial score (nSPS) is 17.5. The maximum absolute atomic E-state index is 12.9. The molecule has 2 N–H and O–H groups in total. The van der Waals surface area contributed by atoms with Gasteiger partial charge in [-0.2, -0.15) is 5.10 Å². The number of hydrogen-bond donors (Lipinski definition) is 1. The number of nitrogens with two attached hydrogens (primary N) is 1. The maximum atomic E-state index is 12.9. The van der Waals surface area contributed by atoms with Crippen LogP contribution in [0.15, 0.2) is 36.4 Å². The van der Waals surface area contributed by atoms with E-state index in [2.05, 4.69) is 12.0 Å². The first-order valence-corrected chi connectivity index (χ1v) is 9.46. The summed E-state index contributed by atoms with van der Waals surface area (Å²) in [6, 6.07) is 10.7. The molecule has 3 rings (SSSR count). The molecule has 27 heavy (non-hydrogen) atoms. The molecule has 0 spiro atoms. The molecule has 144 valence electrons. The zero-order valence-electron chi connectivity index (χ0n) is 15.6. The number of ether oxygens (including phenoxy) is 1. The number of carbonyl (C=O) groups excluding carboxylic acids is 2. The topological polar surface area (TPSA) is 90.5 Å². The second-order valence-electron chi connectivity index (χ2n) is 6.74. The van der Waals surface area contributed by atoms with Gasteiger partial charge in [-0.1, -0.05) is 25.1 Å². The largest absolute Gasteiger partial charge is 0.378 e. The minimum Gasteiger partial charge on any atom is -0.378 e. The van der Waals surface area contributed by atoms with Crippen LogP contribution in [0, 0.1) is 0 Å². The van der Waals surface area contributed by atoms with Crippen molar-refractivity contribution >= 4 is 11.8 Å². The number of rotatable bonds is 6. The summed E-state index contributed by atoms with van der Waals surface area (Å²) >= 11 is 0. The van der Waals surface area contributed by atoms with E-state index in [0.29, 0.717) is 18.8 Å². The molecule has 0 aliphatic carbocycles. The number of carbonyl (C=O) groups is 2. The fourth-order valence-corrected chi connectivity index (χ4v) is 3.31. The minimum atomic E-state index is -0.616. The van der Waals surface area contributed by atoms with E-state index in [1.165, 1.54) is 10.7 Å². The van der Waals surface area contributed by atoms with Crippen LogP contribution in [-0.4, -0.2) is 52.3 Å². The lowest BCUT2D eigenvalue weighted by Gasteiger charge is -2.19. The summed E-state index contributed by atoms with van der Waals surface area (Å²) in [5, 5.41) is 4.37. The van der Waals surface area contributed by atoms with E-state index in [4.69, 9.17) is 10.5 Å². The van der Waals surface area contributed by atoms with E-state index >= 15 is 0 Å². The van der Waals surface area contributed by atoms with Crippen LogP contribution >= 0.6 is 0 Å². The van der Waals surface area contributed by atoms with E-state index in [0.717, 1.165) is 32.3 Å². The molecular formula is C20H26N4O3. The Morgan fingerprint density at radius 3 is 2.70 bits per heavy atom. The van der Waals surface area contributed by atoms with Gasteiger partial charge in [0.05, 0.1) is 11.8 Å². The van der Waals surface area contributed by atoms with Crippen LogP contribution in [0.3, 0.4) is 0 Å². The lowest BCUT2D eigenvalue weighted by molar-refractivity contribution is 0.0432. The summed E-state index contributed by atoms with van der Waals surface area (Å²) < 4.78 is 7.27. The third-order valence-corrected chi connectivity index (χ3v) is 4.70. The number of primary amides is 1. The van der Waals surface area contributed by atoms with Gasteiger partial charge in [-0.05, 0) is 37.8 Å². The minimum absolute atomic E-state index is 0.177. The number of hydrogen-bond acceptors (Lipinski definition) is 4. The summed E-state index contributed by atoms with van der Waals surface area (Å²) in [5.74, 6) is -0.794.